The molecule has 1 amide bonds. The van der Waals surface area contributed by atoms with Crippen molar-refractivity contribution in [3.05, 3.63) is 40.6 Å². The number of halogens is 1. The van der Waals surface area contributed by atoms with E-state index in [0.29, 0.717) is 22.3 Å². The number of hydrogen-bond acceptors (Lipinski definition) is 4. The summed E-state index contributed by atoms with van der Waals surface area (Å²) in [5, 5.41) is 10.4. The molecule has 0 spiro atoms. The molecule has 0 saturated heterocycles. The van der Waals surface area contributed by atoms with E-state index < -0.39 is 0 Å². The SMILES string of the molecule is Nc1cccc(C(=O)NCCCn2ccnn2)c1Br. The number of carbonyl (C=O) groups excluding carboxylic acids is 1. The minimum atomic E-state index is -0.141. The van der Waals surface area contributed by atoms with Gasteiger partial charge in [-0.1, -0.05) is 11.3 Å². The van der Waals surface area contributed by atoms with E-state index in [0.717, 1.165) is 13.0 Å². The summed E-state index contributed by atoms with van der Waals surface area (Å²) in [7, 11) is 0. The molecule has 0 aliphatic heterocycles. The maximum Gasteiger partial charge on any atom is 0.252 e. The summed E-state index contributed by atoms with van der Waals surface area (Å²) >= 11 is 3.31. The van der Waals surface area contributed by atoms with E-state index >= 15 is 0 Å². The van der Waals surface area contributed by atoms with E-state index in [9.17, 15) is 4.79 Å². The van der Waals surface area contributed by atoms with Crippen molar-refractivity contribution in [1.29, 1.82) is 0 Å². The van der Waals surface area contributed by atoms with Gasteiger partial charge in [0.15, 0.2) is 0 Å². The number of amides is 1. The number of aryl methyl sites for hydroxylation is 1. The fourth-order valence-corrected chi connectivity index (χ4v) is 2.06. The molecule has 1 aromatic carbocycles. The second-order valence-corrected chi connectivity index (χ2v) is 4.78. The molecule has 0 saturated carbocycles. The number of nitrogens with two attached hydrogens (primary N) is 1. The van der Waals surface area contributed by atoms with E-state index in [1.807, 2.05) is 0 Å². The predicted octanol–water partition coefficient (Wildman–Crippen LogP) is 1.44. The zero-order valence-corrected chi connectivity index (χ0v) is 11.8. The van der Waals surface area contributed by atoms with Crippen molar-refractivity contribution in [3.8, 4) is 0 Å². The quantitative estimate of drug-likeness (QED) is 0.644. The van der Waals surface area contributed by atoms with Gasteiger partial charge < -0.3 is 11.1 Å². The third-order valence-electron chi connectivity index (χ3n) is 2.59. The second kappa shape index (κ2) is 6.33. The fraction of sp³-hybridized carbons (Fsp3) is 0.250. The molecular formula is C12H14BrN5O. The van der Waals surface area contributed by atoms with Crippen LogP contribution in [0.25, 0.3) is 0 Å². The van der Waals surface area contributed by atoms with Gasteiger partial charge in [-0.15, -0.1) is 5.10 Å². The number of aromatic nitrogens is 3. The van der Waals surface area contributed by atoms with E-state index in [4.69, 9.17) is 5.73 Å². The van der Waals surface area contributed by atoms with Gasteiger partial charge in [-0.3, -0.25) is 9.48 Å². The molecule has 0 atom stereocenters. The van der Waals surface area contributed by atoms with Crippen molar-refractivity contribution < 1.29 is 4.79 Å². The molecule has 0 fully saturated rings. The monoisotopic (exact) mass is 323 g/mol. The summed E-state index contributed by atoms with van der Waals surface area (Å²) in [5.41, 5.74) is 6.83. The highest BCUT2D eigenvalue weighted by molar-refractivity contribution is 9.10. The molecule has 3 N–H and O–H groups in total. The normalized spacial score (nSPS) is 10.4. The lowest BCUT2D eigenvalue weighted by molar-refractivity contribution is 0.0952. The van der Waals surface area contributed by atoms with Crippen molar-refractivity contribution in [1.82, 2.24) is 20.3 Å². The van der Waals surface area contributed by atoms with E-state index in [1.165, 1.54) is 0 Å². The van der Waals surface area contributed by atoms with Gasteiger partial charge in [-0.2, -0.15) is 0 Å². The first kappa shape index (κ1) is 13.5. The number of nitrogens with zero attached hydrogens (tertiary/aromatic N) is 3. The molecule has 7 heteroatoms. The van der Waals surface area contributed by atoms with Gasteiger partial charge in [0.05, 0.1) is 16.2 Å². The Bertz CT molecular complexity index is 555. The molecule has 19 heavy (non-hydrogen) atoms. The third-order valence-corrected chi connectivity index (χ3v) is 3.48. The van der Waals surface area contributed by atoms with E-state index in [1.54, 1.807) is 35.3 Å². The lowest BCUT2D eigenvalue weighted by atomic mass is 10.2. The van der Waals surface area contributed by atoms with Gasteiger partial charge in [-0.25, -0.2) is 0 Å². The molecule has 0 radical (unpaired) electrons. The van der Waals surface area contributed by atoms with Gasteiger partial charge in [0.25, 0.3) is 5.91 Å². The number of benzene rings is 1. The standard InChI is InChI=1S/C12H14BrN5O/c13-11-9(3-1-4-10(11)14)12(19)15-5-2-7-18-8-6-16-17-18/h1,3-4,6,8H,2,5,7,14H2,(H,15,19). The Morgan fingerprint density at radius 1 is 1.47 bits per heavy atom. The highest BCUT2D eigenvalue weighted by Crippen LogP contribution is 2.23. The molecule has 0 aliphatic rings. The van der Waals surface area contributed by atoms with Crippen LogP contribution < -0.4 is 11.1 Å². The molecule has 2 aromatic rings. The first-order valence-corrected chi connectivity index (χ1v) is 6.64. The van der Waals surface area contributed by atoms with Gasteiger partial charge >= 0.3 is 0 Å². The molecular weight excluding hydrogens is 310 g/mol. The van der Waals surface area contributed by atoms with E-state index in [-0.39, 0.29) is 5.91 Å². The maximum absolute atomic E-state index is 11.9. The second-order valence-electron chi connectivity index (χ2n) is 3.98. The lowest BCUT2D eigenvalue weighted by Gasteiger charge is -2.08. The van der Waals surface area contributed by atoms with Crippen LogP contribution in [-0.2, 0) is 6.54 Å². The molecule has 0 aliphatic carbocycles. The van der Waals surface area contributed by atoms with Crippen molar-refractivity contribution in [2.24, 2.45) is 0 Å². The Morgan fingerprint density at radius 2 is 2.32 bits per heavy atom. The first-order valence-electron chi connectivity index (χ1n) is 5.85. The Kier molecular flexibility index (Phi) is 4.51. The summed E-state index contributed by atoms with van der Waals surface area (Å²) < 4.78 is 2.35. The number of carbonyl (C=O) groups is 1. The van der Waals surface area contributed by atoms with Gasteiger partial charge in [-0.05, 0) is 34.5 Å². The summed E-state index contributed by atoms with van der Waals surface area (Å²) in [6.45, 7) is 1.29. The average molecular weight is 324 g/mol. The summed E-state index contributed by atoms with van der Waals surface area (Å²) in [4.78, 5) is 11.9. The smallest absolute Gasteiger partial charge is 0.252 e. The van der Waals surface area contributed by atoms with Crippen LogP contribution in [0.2, 0.25) is 0 Å². The fourth-order valence-electron chi connectivity index (χ4n) is 1.62. The molecule has 6 nitrogen and oxygen atoms in total. The van der Waals surface area contributed by atoms with Crippen molar-refractivity contribution in [3.63, 3.8) is 0 Å². The molecule has 0 bridgehead atoms. The number of rotatable bonds is 5. The van der Waals surface area contributed by atoms with Crippen LogP contribution in [0.3, 0.4) is 0 Å². The minimum absolute atomic E-state index is 0.141. The Labute approximate surface area is 119 Å². The maximum atomic E-state index is 11.9. The molecule has 1 heterocycles. The van der Waals surface area contributed by atoms with Crippen LogP contribution >= 0.6 is 15.9 Å². The van der Waals surface area contributed by atoms with Crippen LogP contribution in [0.15, 0.2) is 35.1 Å². The van der Waals surface area contributed by atoms with Gasteiger partial charge in [0.1, 0.15) is 0 Å². The van der Waals surface area contributed by atoms with Gasteiger partial charge in [0.2, 0.25) is 0 Å². The topological polar surface area (TPSA) is 85.8 Å². The number of nitrogens with one attached hydrogen (secondary N) is 1. The minimum Gasteiger partial charge on any atom is -0.398 e. The highest BCUT2D eigenvalue weighted by atomic mass is 79.9. The number of hydrogen-bond donors (Lipinski definition) is 2. The van der Waals surface area contributed by atoms with Crippen LogP contribution in [0, 0.1) is 0 Å². The zero-order chi connectivity index (χ0) is 13.7. The zero-order valence-electron chi connectivity index (χ0n) is 10.2. The third kappa shape index (κ3) is 3.54. The van der Waals surface area contributed by atoms with Crippen molar-refractivity contribution >= 4 is 27.5 Å². The first-order chi connectivity index (χ1) is 9.18. The lowest BCUT2D eigenvalue weighted by Crippen LogP contribution is -2.25. The van der Waals surface area contributed by atoms with E-state index in [2.05, 4.69) is 31.6 Å². The van der Waals surface area contributed by atoms with Crippen LogP contribution in [-0.4, -0.2) is 27.4 Å². The average Bonchev–Trinajstić information content (AvgIpc) is 2.91. The largest absolute Gasteiger partial charge is 0.398 e. The van der Waals surface area contributed by atoms with Crippen LogP contribution in [0.1, 0.15) is 16.8 Å². The number of anilines is 1. The van der Waals surface area contributed by atoms with Crippen LogP contribution in [0.4, 0.5) is 5.69 Å². The van der Waals surface area contributed by atoms with Crippen molar-refractivity contribution in [2.75, 3.05) is 12.3 Å². The number of nitrogen functional groups attached to an aromatic ring is 1. The molecule has 1 aromatic heterocycles. The summed E-state index contributed by atoms with van der Waals surface area (Å²) in [5.74, 6) is -0.141. The Hall–Kier alpha value is -1.89. The highest BCUT2D eigenvalue weighted by Gasteiger charge is 2.10. The Balaban J connectivity index is 1.83. The predicted molar refractivity (Wildman–Crippen MR) is 75.5 cm³/mol. The van der Waals surface area contributed by atoms with Crippen LogP contribution in [0.5, 0.6) is 0 Å². The summed E-state index contributed by atoms with van der Waals surface area (Å²) in [6.07, 6.45) is 4.20. The van der Waals surface area contributed by atoms with Crippen molar-refractivity contribution in [2.45, 2.75) is 13.0 Å². The Morgan fingerprint density at radius 3 is 3.05 bits per heavy atom. The molecule has 0 unspecified atom stereocenters. The summed E-state index contributed by atoms with van der Waals surface area (Å²) in [6, 6.07) is 5.23. The molecule has 2 rings (SSSR count). The van der Waals surface area contributed by atoms with Gasteiger partial charge in [0, 0.05) is 25.0 Å². The molecule has 100 valence electrons.